The number of carboxylic acids is 1. The highest BCUT2D eigenvalue weighted by Gasteiger charge is 2.55. The molecule has 1 aliphatic carbocycles. The van der Waals surface area contributed by atoms with Gasteiger partial charge in [0, 0.05) is 35.3 Å². The number of hydrogen-bond acceptors (Lipinski definition) is 4. The van der Waals surface area contributed by atoms with Gasteiger partial charge in [0.1, 0.15) is 18.4 Å². The van der Waals surface area contributed by atoms with Crippen LogP contribution in [0.4, 0.5) is 4.39 Å². The van der Waals surface area contributed by atoms with Crippen molar-refractivity contribution >= 4 is 46.1 Å². The quantitative estimate of drug-likeness (QED) is 0.471. The Hall–Kier alpha value is -3.72. The van der Waals surface area contributed by atoms with E-state index in [4.69, 9.17) is 11.6 Å². The zero-order valence-corrected chi connectivity index (χ0v) is 20.1. The fourth-order valence-electron chi connectivity index (χ4n) is 5.20. The molecule has 8 nitrogen and oxygen atoms in total. The first-order chi connectivity index (χ1) is 17.2. The molecule has 1 aromatic heterocycles. The molecular weight excluding hydrogens is 489 g/mol. The molecule has 3 aromatic rings. The SMILES string of the molecule is CC(=O)c1cn(CC(=O)N2[C@@H]3C[C@@H]3C[C@H]2C(=O)NCc2cccc(Cl)c2F)c2c(C(=O)O)cccc12. The first-order valence-corrected chi connectivity index (χ1v) is 11.9. The molecule has 2 heterocycles. The molecule has 0 radical (unpaired) electrons. The van der Waals surface area contributed by atoms with Crippen molar-refractivity contribution in [3.8, 4) is 0 Å². The van der Waals surface area contributed by atoms with Crippen molar-refractivity contribution in [2.75, 3.05) is 0 Å². The summed E-state index contributed by atoms with van der Waals surface area (Å²) in [6, 6.07) is 8.40. The molecule has 2 aliphatic rings. The van der Waals surface area contributed by atoms with Gasteiger partial charge in [0.2, 0.25) is 11.8 Å². The van der Waals surface area contributed by atoms with E-state index >= 15 is 0 Å². The van der Waals surface area contributed by atoms with Crippen molar-refractivity contribution in [2.45, 2.75) is 44.9 Å². The molecule has 186 valence electrons. The summed E-state index contributed by atoms with van der Waals surface area (Å²) in [6.07, 6.45) is 2.80. The third kappa shape index (κ3) is 4.13. The fourth-order valence-corrected chi connectivity index (χ4v) is 5.39. The van der Waals surface area contributed by atoms with Gasteiger partial charge in [-0.15, -0.1) is 0 Å². The van der Waals surface area contributed by atoms with Crippen molar-refractivity contribution < 1.29 is 28.7 Å². The summed E-state index contributed by atoms with van der Waals surface area (Å²) in [4.78, 5) is 52.0. The predicted molar refractivity (Wildman–Crippen MR) is 129 cm³/mol. The Balaban J connectivity index is 1.38. The summed E-state index contributed by atoms with van der Waals surface area (Å²) in [7, 11) is 0. The molecule has 1 aliphatic heterocycles. The van der Waals surface area contributed by atoms with E-state index in [1.165, 1.54) is 35.9 Å². The Labute approximate surface area is 210 Å². The van der Waals surface area contributed by atoms with Crippen LogP contribution in [0, 0.1) is 11.7 Å². The van der Waals surface area contributed by atoms with Crippen LogP contribution in [0.3, 0.4) is 0 Å². The van der Waals surface area contributed by atoms with Crippen LogP contribution in [0.1, 0.15) is 46.0 Å². The second-order valence-corrected chi connectivity index (χ2v) is 9.69. The number of nitrogens with zero attached hydrogens (tertiary/aromatic N) is 2. The van der Waals surface area contributed by atoms with Gasteiger partial charge in [-0.05, 0) is 37.8 Å². The second-order valence-electron chi connectivity index (χ2n) is 9.28. The summed E-state index contributed by atoms with van der Waals surface area (Å²) in [6.45, 7) is 1.10. The summed E-state index contributed by atoms with van der Waals surface area (Å²) in [5.74, 6) is -2.53. The Morgan fingerprint density at radius 2 is 1.86 bits per heavy atom. The lowest BCUT2D eigenvalue weighted by Gasteiger charge is -2.27. The Kier molecular flexibility index (Phi) is 6.04. The third-order valence-corrected chi connectivity index (χ3v) is 7.29. The predicted octanol–water partition coefficient (Wildman–Crippen LogP) is 3.64. The summed E-state index contributed by atoms with van der Waals surface area (Å²) >= 11 is 5.82. The average Bonchev–Trinajstić information content (AvgIpc) is 3.34. The molecule has 0 unspecified atom stereocenters. The molecule has 5 rings (SSSR count). The lowest BCUT2D eigenvalue weighted by Crippen LogP contribution is -2.48. The number of carbonyl (C=O) groups excluding carboxylic acids is 3. The third-order valence-electron chi connectivity index (χ3n) is 6.99. The van der Waals surface area contributed by atoms with E-state index in [9.17, 15) is 28.7 Å². The molecule has 1 saturated carbocycles. The minimum atomic E-state index is -1.17. The molecule has 2 aromatic carbocycles. The largest absolute Gasteiger partial charge is 0.478 e. The molecule has 2 N–H and O–H groups in total. The van der Waals surface area contributed by atoms with Gasteiger partial charge < -0.3 is 19.9 Å². The highest BCUT2D eigenvalue weighted by molar-refractivity contribution is 6.30. The number of amides is 2. The van der Waals surface area contributed by atoms with Crippen molar-refractivity contribution in [3.63, 3.8) is 0 Å². The van der Waals surface area contributed by atoms with Gasteiger partial charge >= 0.3 is 5.97 Å². The van der Waals surface area contributed by atoms with E-state index < -0.39 is 17.8 Å². The van der Waals surface area contributed by atoms with Crippen molar-refractivity contribution in [1.29, 1.82) is 0 Å². The van der Waals surface area contributed by atoms with Crippen LogP contribution >= 0.6 is 11.6 Å². The lowest BCUT2D eigenvalue weighted by atomic mass is 10.1. The number of halogens is 2. The van der Waals surface area contributed by atoms with Gasteiger partial charge in [-0.2, -0.15) is 0 Å². The zero-order chi connectivity index (χ0) is 25.7. The number of rotatable bonds is 7. The highest BCUT2D eigenvalue weighted by atomic mass is 35.5. The normalized spacial score (nSPS) is 20.3. The number of ketones is 1. The Bertz CT molecular complexity index is 1430. The topological polar surface area (TPSA) is 109 Å². The molecule has 0 bridgehead atoms. The van der Waals surface area contributed by atoms with Gasteiger partial charge in [0.05, 0.1) is 16.1 Å². The molecule has 36 heavy (non-hydrogen) atoms. The van der Waals surface area contributed by atoms with Crippen molar-refractivity contribution in [3.05, 3.63) is 70.1 Å². The molecule has 1 saturated heterocycles. The Morgan fingerprint density at radius 3 is 2.58 bits per heavy atom. The van der Waals surface area contributed by atoms with Crippen LogP contribution in [0.15, 0.2) is 42.6 Å². The molecular formula is C26H23ClFN3O5. The fraction of sp³-hybridized carbons (Fsp3) is 0.308. The summed E-state index contributed by atoms with van der Waals surface area (Å²) in [5, 5.41) is 12.8. The maximum atomic E-state index is 14.2. The first kappa shape index (κ1) is 24.0. The number of nitrogens with one attached hydrogen (secondary N) is 1. The molecule has 0 spiro atoms. The van der Waals surface area contributed by atoms with E-state index in [1.807, 2.05) is 0 Å². The van der Waals surface area contributed by atoms with E-state index in [1.54, 1.807) is 23.1 Å². The monoisotopic (exact) mass is 511 g/mol. The molecule has 10 heteroatoms. The molecule has 2 amide bonds. The maximum absolute atomic E-state index is 14.2. The number of carboxylic acid groups (broad SMARTS) is 1. The standard InChI is InChI=1S/C26H23ClFN3O5/c1-13(32)18-11-30(24-16(18)5-3-6-17(24)26(35)36)12-22(33)31-20-8-15(20)9-21(31)25(34)29-10-14-4-2-7-19(27)23(14)28/h2-7,11,15,20-21H,8-10,12H2,1H3,(H,29,34)(H,35,36)/t15-,20-,21+/m1/s1. The Morgan fingerprint density at radius 1 is 1.11 bits per heavy atom. The number of hydrogen-bond donors (Lipinski definition) is 2. The van der Waals surface area contributed by atoms with Crippen molar-refractivity contribution in [2.24, 2.45) is 5.92 Å². The van der Waals surface area contributed by atoms with E-state index in [2.05, 4.69) is 5.32 Å². The number of carbonyl (C=O) groups is 4. The number of fused-ring (bicyclic) bond motifs is 2. The number of piperidine rings is 1. The summed E-state index contributed by atoms with van der Waals surface area (Å²) in [5.41, 5.74) is 0.835. The van der Waals surface area contributed by atoms with Gasteiger partial charge in [0.15, 0.2) is 5.78 Å². The number of aromatic nitrogens is 1. The average molecular weight is 512 g/mol. The van der Waals surface area contributed by atoms with Crippen LogP contribution in [0.5, 0.6) is 0 Å². The van der Waals surface area contributed by atoms with Crippen LogP contribution in [-0.4, -0.2) is 50.2 Å². The number of Topliss-reactive ketones (excluding diaryl/α,β-unsaturated/α-hetero) is 1. The van der Waals surface area contributed by atoms with Gasteiger partial charge in [0.25, 0.3) is 0 Å². The van der Waals surface area contributed by atoms with Crippen LogP contribution < -0.4 is 5.32 Å². The van der Waals surface area contributed by atoms with Crippen molar-refractivity contribution in [1.82, 2.24) is 14.8 Å². The second kappa shape index (κ2) is 9.05. The minimum Gasteiger partial charge on any atom is -0.478 e. The number of likely N-dealkylation sites (tertiary alicyclic amines) is 1. The van der Waals surface area contributed by atoms with Crippen LogP contribution in [0.25, 0.3) is 10.9 Å². The van der Waals surface area contributed by atoms with Gasteiger partial charge in [-0.25, -0.2) is 9.18 Å². The van der Waals surface area contributed by atoms with Gasteiger partial charge in [-0.3, -0.25) is 14.4 Å². The van der Waals surface area contributed by atoms with Crippen LogP contribution in [-0.2, 0) is 22.7 Å². The maximum Gasteiger partial charge on any atom is 0.337 e. The number of benzene rings is 2. The number of para-hydroxylation sites is 1. The van der Waals surface area contributed by atoms with E-state index in [0.29, 0.717) is 17.4 Å². The molecule has 3 atom stereocenters. The first-order valence-electron chi connectivity index (χ1n) is 11.5. The minimum absolute atomic E-state index is 0.0173. The van der Waals surface area contributed by atoms with E-state index in [0.717, 1.165) is 6.42 Å². The van der Waals surface area contributed by atoms with Crippen LogP contribution in [0.2, 0.25) is 5.02 Å². The summed E-state index contributed by atoms with van der Waals surface area (Å²) < 4.78 is 15.7. The van der Waals surface area contributed by atoms with E-state index in [-0.39, 0.29) is 64.3 Å². The highest BCUT2D eigenvalue weighted by Crippen LogP contribution is 2.48. The van der Waals surface area contributed by atoms with Gasteiger partial charge in [-0.1, -0.05) is 35.9 Å². The zero-order valence-electron chi connectivity index (χ0n) is 19.3. The smallest absolute Gasteiger partial charge is 0.337 e. The number of aromatic carboxylic acids is 1. The molecule has 2 fully saturated rings. The lowest BCUT2D eigenvalue weighted by molar-refractivity contribution is -0.140.